The number of nitrogens with one attached hydrogen (secondary N) is 1. The van der Waals surface area contributed by atoms with Crippen LogP contribution >= 0.6 is 11.6 Å². The van der Waals surface area contributed by atoms with E-state index in [-0.39, 0.29) is 12.3 Å². The van der Waals surface area contributed by atoms with Crippen molar-refractivity contribution in [3.8, 4) is 5.75 Å². The Bertz CT molecular complexity index is 756. The molecule has 0 aliphatic carbocycles. The highest BCUT2D eigenvalue weighted by Gasteiger charge is 2.30. The number of halogens is 1. The second-order valence-corrected chi connectivity index (χ2v) is 6.55. The van der Waals surface area contributed by atoms with Crippen molar-refractivity contribution in [1.29, 1.82) is 0 Å². The van der Waals surface area contributed by atoms with Gasteiger partial charge in [-0.15, -0.1) is 0 Å². The first-order chi connectivity index (χ1) is 11.8. The molecule has 0 aliphatic heterocycles. The summed E-state index contributed by atoms with van der Waals surface area (Å²) < 4.78 is 5.75. The summed E-state index contributed by atoms with van der Waals surface area (Å²) in [6, 6.07) is 13.9. The molecule has 2 rings (SSSR count). The monoisotopic (exact) mass is 361 g/mol. The SMILES string of the molecule is CC(C)(Oc1ccc(Cl)cc1)C(=O)Nc1cccc(CCC(=O)O)c1. The number of anilines is 1. The molecule has 0 radical (unpaired) electrons. The highest BCUT2D eigenvalue weighted by Crippen LogP contribution is 2.22. The molecule has 0 heterocycles. The van der Waals surface area contributed by atoms with E-state index in [1.165, 1.54) is 0 Å². The summed E-state index contributed by atoms with van der Waals surface area (Å²) in [4.78, 5) is 23.2. The van der Waals surface area contributed by atoms with E-state index in [1.54, 1.807) is 56.3 Å². The van der Waals surface area contributed by atoms with Gasteiger partial charge in [-0.25, -0.2) is 0 Å². The van der Waals surface area contributed by atoms with Gasteiger partial charge in [-0.3, -0.25) is 9.59 Å². The molecule has 0 unspecified atom stereocenters. The molecule has 5 nitrogen and oxygen atoms in total. The smallest absolute Gasteiger partial charge is 0.303 e. The van der Waals surface area contributed by atoms with Crippen molar-refractivity contribution >= 4 is 29.2 Å². The van der Waals surface area contributed by atoms with Crippen molar-refractivity contribution in [3.05, 3.63) is 59.1 Å². The van der Waals surface area contributed by atoms with Gasteiger partial charge in [0.2, 0.25) is 0 Å². The highest BCUT2D eigenvalue weighted by molar-refractivity contribution is 6.30. The molecule has 2 aromatic carbocycles. The van der Waals surface area contributed by atoms with E-state index < -0.39 is 11.6 Å². The summed E-state index contributed by atoms with van der Waals surface area (Å²) in [5.74, 6) is -0.621. The summed E-state index contributed by atoms with van der Waals surface area (Å²) in [5, 5.41) is 12.2. The van der Waals surface area contributed by atoms with Gasteiger partial charge in [-0.05, 0) is 62.2 Å². The molecule has 25 heavy (non-hydrogen) atoms. The van der Waals surface area contributed by atoms with Crippen LogP contribution in [0.15, 0.2) is 48.5 Å². The minimum Gasteiger partial charge on any atom is -0.481 e. The predicted octanol–water partition coefficient (Wildman–Crippen LogP) is 4.15. The van der Waals surface area contributed by atoms with E-state index in [1.807, 2.05) is 6.07 Å². The normalized spacial score (nSPS) is 11.0. The number of benzene rings is 2. The van der Waals surface area contributed by atoms with Gasteiger partial charge in [-0.2, -0.15) is 0 Å². The molecule has 0 bridgehead atoms. The fourth-order valence-electron chi connectivity index (χ4n) is 2.18. The van der Waals surface area contributed by atoms with Crippen LogP contribution in [0.4, 0.5) is 5.69 Å². The number of rotatable bonds is 7. The van der Waals surface area contributed by atoms with Crippen LogP contribution < -0.4 is 10.1 Å². The zero-order chi connectivity index (χ0) is 18.4. The molecule has 6 heteroatoms. The zero-order valence-electron chi connectivity index (χ0n) is 14.1. The van der Waals surface area contributed by atoms with Gasteiger partial charge in [0.25, 0.3) is 5.91 Å². The Morgan fingerprint density at radius 3 is 2.48 bits per heavy atom. The third-order valence-corrected chi connectivity index (χ3v) is 3.80. The summed E-state index contributed by atoms with van der Waals surface area (Å²) in [7, 11) is 0. The van der Waals surface area contributed by atoms with Crippen molar-refractivity contribution in [2.24, 2.45) is 0 Å². The lowest BCUT2D eigenvalue weighted by molar-refractivity contribution is -0.137. The maximum Gasteiger partial charge on any atom is 0.303 e. The molecular weight excluding hydrogens is 342 g/mol. The van der Waals surface area contributed by atoms with Crippen molar-refractivity contribution in [2.45, 2.75) is 32.3 Å². The lowest BCUT2D eigenvalue weighted by Crippen LogP contribution is -2.42. The largest absolute Gasteiger partial charge is 0.481 e. The molecule has 0 saturated carbocycles. The van der Waals surface area contributed by atoms with Crippen molar-refractivity contribution in [3.63, 3.8) is 0 Å². The maximum atomic E-state index is 12.5. The molecule has 1 amide bonds. The van der Waals surface area contributed by atoms with Gasteiger partial charge in [0.05, 0.1) is 0 Å². The number of carbonyl (C=O) groups is 2. The highest BCUT2D eigenvalue weighted by atomic mass is 35.5. The molecule has 0 saturated heterocycles. The Kier molecular flexibility index (Phi) is 6.04. The van der Waals surface area contributed by atoms with E-state index in [9.17, 15) is 9.59 Å². The van der Waals surface area contributed by atoms with E-state index in [4.69, 9.17) is 21.4 Å². The van der Waals surface area contributed by atoms with Gasteiger partial charge >= 0.3 is 5.97 Å². The van der Waals surface area contributed by atoms with E-state index in [0.717, 1.165) is 5.56 Å². The number of ether oxygens (including phenoxy) is 1. The number of hydrogen-bond donors (Lipinski definition) is 2. The first kappa shape index (κ1) is 18.8. The maximum absolute atomic E-state index is 12.5. The van der Waals surface area contributed by atoms with Crippen LogP contribution in [0.5, 0.6) is 5.75 Å². The standard InChI is InChI=1S/C19H20ClNO4/c1-19(2,25-16-9-7-14(20)8-10-16)18(24)21-15-5-3-4-13(12-15)6-11-17(22)23/h3-5,7-10,12H,6,11H2,1-2H3,(H,21,24)(H,22,23). The number of hydrogen-bond acceptors (Lipinski definition) is 3. The fraction of sp³-hybridized carbons (Fsp3) is 0.263. The Hall–Kier alpha value is -2.53. The van der Waals surface area contributed by atoms with Gasteiger partial charge in [0.15, 0.2) is 5.60 Å². The third-order valence-electron chi connectivity index (χ3n) is 3.55. The van der Waals surface area contributed by atoms with E-state index in [0.29, 0.717) is 22.9 Å². The van der Waals surface area contributed by atoms with Crippen LogP contribution in [-0.2, 0) is 16.0 Å². The van der Waals surface area contributed by atoms with Crippen LogP contribution in [0.3, 0.4) is 0 Å². The summed E-state index contributed by atoms with van der Waals surface area (Å²) in [6.45, 7) is 3.34. The number of carboxylic acid groups (broad SMARTS) is 1. The van der Waals surface area contributed by atoms with Gasteiger partial charge in [0, 0.05) is 17.1 Å². The third kappa shape index (κ3) is 5.80. The Balaban J connectivity index is 2.03. The van der Waals surface area contributed by atoms with Crippen LogP contribution in [0, 0.1) is 0 Å². The second kappa shape index (κ2) is 8.03. The predicted molar refractivity (Wildman–Crippen MR) is 97.2 cm³/mol. The lowest BCUT2D eigenvalue weighted by Gasteiger charge is -2.25. The molecule has 0 fully saturated rings. The number of carboxylic acids is 1. The number of aliphatic carboxylic acids is 1. The lowest BCUT2D eigenvalue weighted by atomic mass is 10.1. The number of amides is 1. The topological polar surface area (TPSA) is 75.6 Å². The summed E-state index contributed by atoms with van der Waals surface area (Å²) in [6.07, 6.45) is 0.451. The van der Waals surface area contributed by atoms with Crippen molar-refractivity contribution in [1.82, 2.24) is 0 Å². The van der Waals surface area contributed by atoms with E-state index in [2.05, 4.69) is 5.32 Å². The van der Waals surface area contributed by atoms with Crippen LogP contribution in [0.2, 0.25) is 5.02 Å². The number of carbonyl (C=O) groups excluding carboxylic acids is 1. The van der Waals surface area contributed by atoms with Crippen molar-refractivity contribution < 1.29 is 19.4 Å². The molecule has 0 aliphatic rings. The van der Waals surface area contributed by atoms with Gasteiger partial charge < -0.3 is 15.2 Å². The average molecular weight is 362 g/mol. The van der Waals surface area contributed by atoms with E-state index >= 15 is 0 Å². The summed E-state index contributed by atoms with van der Waals surface area (Å²) >= 11 is 5.84. The minimum absolute atomic E-state index is 0.0442. The van der Waals surface area contributed by atoms with Crippen molar-refractivity contribution in [2.75, 3.05) is 5.32 Å². The molecule has 0 aromatic heterocycles. The second-order valence-electron chi connectivity index (χ2n) is 6.11. The van der Waals surface area contributed by atoms with Crippen LogP contribution in [0.25, 0.3) is 0 Å². The van der Waals surface area contributed by atoms with Gasteiger partial charge in [0.1, 0.15) is 5.75 Å². The Morgan fingerprint density at radius 2 is 1.84 bits per heavy atom. The zero-order valence-corrected chi connectivity index (χ0v) is 14.8. The van der Waals surface area contributed by atoms with Gasteiger partial charge in [-0.1, -0.05) is 23.7 Å². The molecule has 0 atom stereocenters. The molecule has 2 N–H and O–H groups in total. The Labute approximate surface area is 151 Å². The average Bonchev–Trinajstić information content (AvgIpc) is 2.55. The first-order valence-electron chi connectivity index (χ1n) is 7.83. The number of aryl methyl sites for hydroxylation is 1. The molecule has 132 valence electrons. The van der Waals surface area contributed by atoms with Crippen LogP contribution in [0.1, 0.15) is 25.8 Å². The fourth-order valence-corrected chi connectivity index (χ4v) is 2.31. The summed E-state index contributed by atoms with van der Waals surface area (Å²) in [5.41, 5.74) is 0.350. The molecule has 0 spiro atoms. The first-order valence-corrected chi connectivity index (χ1v) is 8.21. The molecule has 2 aromatic rings. The molecular formula is C19H20ClNO4. The van der Waals surface area contributed by atoms with Crippen LogP contribution in [-0.4, -0.2) is 22.6 Å². The minimum atomic E-state index is -1.09. The Morgan fingerprint density at radius 1 is 1.16 bits per heavy atom. The quantitative estimate of drug-likeness (QED) is 0.776.